The molecular weight excluding hydrogens is 294 g/mol. The fraction of sp³-hybridized carbons (Fsp3) is 0.278. The first-order valence-electron chi connectivity index (χ1n) is 7.51. The highest BCUT2D eigenvalue weighted by atomic mass is 16.7. The zero-order valence-corrected chi connectivity index (χ0v) is 13.2. The van der Waals surface area contributed by atoms with Gasteiger partial charge in [0.15, 0.2) is 11.5 Å². The normalized spacial score (nSPS) is 12.1. The smallest absolute Gasteiger partial charge is 0.251 e. The SMILES string of the molecule is Cc1cc(C)cc(C(=O)NCCOc2ccc3c(c2)OCO3)c1. The quantitative estimate of drug-likeness (QED) is 0.862. The number of ether oxygens (including phenoxy) is 3. The highest BCUT2D eigenvalue weighted by Gasteiger charge is 2.13. The van der Waals surface area contributed by atoms with Crippen molar-refractivity contribution in [3.8, 4) is 17.2 Å². The lowest BCUT2D eigenvalue weighted by molar-refractivity contribution is 0.0946. The van der Waals surface area contributed by atoms with Crippen LogP contribution in [0.2, 0.25) is 0 Å². The molecule has 0 bridgehead atoms. The van der Waals surface area contributed by atoms with Gasteiger partial charge in [0.05, 0.1) is 6.54 Å². The second-order valence-corrected chi connectivity index (χ2v) is 5.50. The summed E-state index contributed by atoms with van der Waals surface area (Å²) >= 11 is 0. The Labute approximate surface area is 135 Å². The third-order valence-corrected chi connectivity index (χ3v) is 3.48. The van der Waals surface area contributed by atoms with E-state index < -0.39 is 0 Å². The molecule has 0 aromatic heterocycles. The Hall–Kier alpha value is -2.69. The van der Waals surface area contributed by atoms with Crippen LogP contribution in [0, 0.1) is 13.8 Å². The van der Waals surface area contributed by atoms with E-state index in [1.54, 1.807) is 6.07 Å². The number of fused-ring (bicyclic) bond motifs is 1. The minimum absolute atomic E-state index is 0.0916. The molecule has 5 heteroatoms. The average Bonchev–Trinajstić information content (AvgIpc) is 2.98. The lowest BCUT2D eigenvalue weighted by atomic mass is 10.1. The molecule has 1 amide bonds. The highest BCUT2D eigenvalue weighted by molar-refractivity contribution is 5.94. The van der Waals surface area contributed by atoms with Crippen molar-refractivity contribution < 1.29 is 19.0 Å². The van der Waals surface area contributed by atoms with Gasteiger partial charge in [-0.15, -0.1) is 0 Å². The molecule has 0 saturated heterocycles. The monoisotopic (exact) mass is 313 g/mol. The molecule has 0 spiro atoms. The van der Waals surface area contributed by atoms with Gasteiger partial charge >= 0.3 is 0 Å². The standard InChI is InChI=1S/C18H19NO4/c1-12-7-13(2)9-14(8-12)18(20)19-5-6-21-15-3-4-16-17(10-15)23-11-22-16/h3-4,7-10H,5-6,11H2,1-2H3,(H,19,20). The van der Waals surface area contributed by atoms with Crippen molar-refractivity contribution in [3.05, 3.63) is 53.1 Å². The Morgan fingerprint density at radius 1 is 1.09 bits per heavy atom. The van der Waals surface area contributed by atoms with E-state index in [0.717, 1.165) is 16.9 Å². The first-order chi connectivity index (χ1) is 11.1. The molecule has 23 heavy (non-hydrogen) atoms. The summed E-state index contributed by atoms with van der Waals surface area (Å²) in [4.78, 5) is 12.1. The molecule has 0 fully saturated rings. The van der Waals surface area contributed by atoms with Crippen molar-refractivity contribution in [1.82, 2.24) is 5.32 Å². The largest absolute Gasteiger partial charge is 0.492 e. The van der Waals surface area contributed by atoms with E-state index in [2.05, 4.69) is 5.32 Å². The van der Waals surface area contributed by atoms with Crippen LogP contribution in [0.4, 0.5) is 0 Å². The Morgan fingerprint density at radius 2 is 1.83 bits per heavy atom. The second-order valence-electron chi connectivity index (χ2n) is 5.50. The van der Waals surface area contributed by atoms with Crippen LogP contribution in [0.15, 0.2) is 36.4 Å². The third-order valence-electron chi connectivity index (χ3n) is 3.48. The number of nitrogens with one attached hydrogen (secondary N) is 1. The van der Waals surface area contributed by atoms with Crippen LogP contribution in [0.25, 0.3) is 0 Å². The van der Waals surface area contributed by atoms with Crippen LogP contribution in [-0.2, 0) is 0 Å². The maximum absolute atomic E-state index is 12.1. The van der Waals surface area contributed by atoms with Gasteiger partial charge in [-0.05, 0) is 38.1 Å². The van der Waals surface area contributed by atoms with Crippen molar-refractivity contribution in [1.29, 1.82) is 0 Å². The van der Waals surface area contributed by atoms with Crippen LogP contribution in [0.3, 0.4) is 0 Å². The molecule has 1 heterocycles. The number of hydrogen-bond acceptors (Lipinski definition) is 4. The predicted octanol–water partition coefficient (Wildman–Crippen LogP) is 2.84. The Bertz CT molecular complexity index is 707. The molecule has 120 valence electrons. The van der Waals surface area contributed by atoms with Crippen LogP contribution < -0.4 is 19.5 Å². The van der Waals surface area contributed by atoms with Crippen molar-refractivity contribution in [2.24, 2.45) is 0 Å². The molecule has 0 saturated carbocycles. The number of amides is 1. The van der Waals surface area contributed by atoms with E-state index in [9.17, 15) is 4.79 Å². The van der Waals surface area contributed by atoms with Crippen molar-refractivity contribution in [2.75, 3.05) is 19.9 Å². The molecule has 3 rings (SSSR count). The third kappa shape index (κ3) is 3.74. The van der Waals surface area contributed by atoms with E-state index in [4.69, 9.17) is 14.2 Å². The molecule has 0 radical (unpaired) electrons. The molecule has 0 unspecified atom stereocenters. The fourth-order valence-electron chi connectivity index (χ4n) is 2.51. The number of carbonyl (C=O) groups is 1. The van der Waals surface area contributed by atoms with Gasteiger partial charge in [0.2, 0.25) is 6.79 Å². The maximum atomic E-state index is 12.1. The van der Waals surface area contributed by atoms with Gasteiger partial charge in [-0.3, -0.25) is 4.79 Å². The van der Waals surface area contributed by atoms with E-state index >= 15 is 0 Å². The summed E-state index contributed by atoms with van der Waals surface area (Å²) in [6, 6.07) is 11.2. The first-order valence-corrected chi connectivity index (χ1v) is 7.51. The zero-order chi connectivity index (χ0) is 16.2. The van der Waals surface area contributed by atoms with Gasteiger partial charge in [-0.1, -0.05) is 17.2 Å². The molecular formula is C18H19NO4. The van der Waals surface area contributed by atoms with Crippen LogP contribution in [0.5, 0.6) is 17.2 Å². The molecule has 2 aromatic carbocycles. The van der Waals surface area contributed by atoms with Gasteiger partial charge in [0, 0.05) is 11.6 Å². The average molecular weight is 313 g/mol. The lowest BCUT2D eigenvalue weighted by Crippen LogP contribution is -2.28. The summed E-state index contributed by atoms with van der Waals surface area (Å²) in [5, 5.41) is 2.86. The van der Waals surface area contributed by atoms with Crippen molar-refractivity contribution >= 4 is 5.91 Å². The molecule has 5 nitrogen and oxygen atoms in total. The van der Waals surface area contributed by atoms with Crippen LogP contribution in [-0.4, -0.2) is 25.9 Å². The topological polar surface area (TPSA) is 56.8 Å². The van der Waals surface area contributed by atoms with Crippen LogP contribution >= 0.6 is 0 Å². The molecule has 1 aliphatic heterocycles. The summed E-state index contributed by atoms with van der Waals surface area (Å²) in [5.41, 5.74) is 2.82. The molecule has 0 atom stereocenters. The Morgan fingerprint density at radius 3 is 2.61 bits per heavy atom. The lowest BCUT2D eigenvalue weighted by Gasteiger charge is -2.09. The summed E-state index contributed by atoms with van der Waals surface area (Å²) in [5.74, 6) is 2.00. The van der Waals surface area contributed by atoms with Gasteiger partial charge in [-0.2, -0.15) is 0 Å². The van der Waals surface area contributed by atoms with Crippen molar-refractivity contribution in [3.63, 3.8) is 0 Å². The molecule has 1 aliphatic rings. The minimum atomic E-state index is -0.0916. The summed E-state index contributed by atoms with van der Waals surface area (Å²) in [6.07, 6.45) is 0. The van der Waals surface area contributed by atoms with E-state index in [-0.39, 0.29) is 12.7 Å². The van der Waals surface area contributed by atoms with Gasteiger partial charge in [0.25, 0.3) is 5.91 Å². The number of hydrogen-bond donors (Lipinski definition) is 1. The van der Waals surface area contributed by atoms with E-state index in [1.807, 2.05) is 44.2 Å². The summed E-state index contributed by atoms with van der Waals surface area (Å²) < 4.78 is 16.2. The first kappa shape index (κ1) is 15.2. The fourth-order valence-corrected chi connectivity index (χ4v) is 2.51. The number of rotatable bonds is 5. The van der Waals surface area contributed by atoms with Gasteiger partial charge in [0.1, 0.15) is 12.4 Å². The van der Waals surface area contributed by atoms with E-state index in [1.165, 1.54) is 0 Å². The van der Waals surface area contributed by atoms with E-state index in [0.29, 0.717) is 30.2 Å². The van der Waals surface area contributed by atoms with Crippen LogP contribution in [0.1, 0.15) is 21.5 Å². The molecule has 2 aromatic rings. The predicted molar refractivity (Wildman–Crippen MR) is 86.3 cm³/mol. The zero-order valence-electron chi connectivity index (χ0n) is 13.2. The second kappa shape index (κ2) is 6.60. The summed E-state index contributed by atoms with van der Waals surface area (Å²) in [6.45, 7) is 5.01. The highest BCUT2D eigenvalue weighted by Crippen LogP contribution is 2.34. The minimum Gasteiger partial charge on any atom is -0.492 e. The summed E-state index contributed by atoms with van der Waals surface area (Å²) in [7, 11) is 0. The molecule has 1 N–H and O–H groups in total. The van der Waals surface area contributed by atoms with Gasteiger partial charge < -0.3 is 19.5 Å². The number of aryl methyl sites for hydroxylation is 2. The van der Waals surface area contributed by atoms with Crippen molar-refractivity contribution in [2.45, 2.75) is 13.8 Å². The Balaban J connectivity index is 1.48. The Kier molecular flexibility index (Phi) is 4.37. The number of benzene rings is 2. The van der Waals surface area contributed by atoms with Gasteiger partial charge in [-0.25, -0.2) is 0 Å². The molecule has 0 aliphatic carbocycles. The number of carbonyl (C=O) groups excluding carboxylic acids is 1. The maximum Gasteiger partial charge on any atom is 0.251 e.